The molecule has 6 nitrogen and oxygen atoms in total. The molecule has 0 bridgehead atoms. The van der Waals surface area contributed by atoms with Crippen LogP contribution in [0.4, 0.5) is 0 Å². The third-order valence-corrected chi connectivity index (χ3v) is 5.53. The molecule has 3 rings (SSSR count). The van der Waals surface area contributed by atoms with E-state index in [1.807, 2.05) is 29.9 Å². The van der Waals surface area contributed by atoms with E-state index in [9.17, 15) is 14.7 Å². The van der Waals surface area contributed by atoms with E-state index in [0.717, 1.165) is 16.5 Å². The summed E-state index contributed by atoms with van der Waals surface area (Å²) in [7, 11) is 0. The van der Waals surface area contributed by atoms with E-state index in [-0.39, 0.29) is 12.5 Å². The van der Waals surface area contributed by atoms with Gasteiger partial charge in [0.25, 0.3) is 5.91 Å². The number of hydrogen-bond donors (Lipinski definition) is 1. The Morgan fingerprint density at radius 2 is 2.12 bits per heavy atom. The number of piperidine rings is 1. The predicted molar refractivity (Wildman–Crippen MR) is 91.8 cm³/mol. The number of likely N-dealkylation sites (tertiary alicyclic amines) is 1. The molecule has 1 amide bonds. The van der Waals surface area contributed by atoms with Crippen LogP contribution in [0.25, 0.3) is 5.13 Å². The molecule has 3 heterocycles. The second kappa shape index (κ2) is 6.05. The summed E-state index contributed by atoms with van der Waals surface area (Å²) in [6.45, 7) is 6.42. The van der Waals surface area contributed by atoms with Gasteiger partial charge in [-0.1, -0.05) is 0 Å². The topological polar surface area (TPSA) is 75.4 Å². The highest BCUT2D eigenvalue weighted by Crippen LogP contribution is 2.31. The fraction of sp³-hybridized carbons (Fsp3) is 0.471. The Balaban J connectivity index is 1.91. The van der Waals surface area contributed by atoms with Crippen molar-refractivity contribution in [2.45, 2.75) is 33.6 Å². The molecule has 0 radical (unpaired) electrons. The van der Waals surface area contributed by atoms with Gasteiger partial charge in [-0.25, -0.2) is 4.98 Å². The Bertz CT molecular complexity index is 781. The molecule has 1 N–H and O–H groups in total. The van der Waals surface area contributed by atoms with Crippen molar-refractivity contribution in [2.75, 3.05) is 13.1 Å². The number of carbonyl (C=O) groups is 2. The highest BCUT2D eigenvalue weighted by Gasteiger charge is 2.40. The molecule has 2 aromatic rings. The lowest BCUT2D eigenvalue weighted by molar-refractivity contribution is -0.150. The SMILES string of the molecule is Cc1cc(C(=O)N2CCCC(C)(C(=O)O)C2)c(C)n1-c1nccs1. The Kier molecular flexibility index (Phi) is 4.21. The van der Waals surface area contributed by atoms with E-state index < -0.39 is 11.4 Å². The van der Waals surface area contributed by atoms with Crippen molar-refractivity contribution in [3.8, 4) is 5.13 Å². The molecule has 24 heavy (non-hydrogen) atoms. The fourth-order valence-corrected chi connectivity index (χ4v) is 4.11. The van der Waals surface area contributed by atoms with Gasteiger partial charge in [0, 0.05) is 36.1 Å². The molecule has 2 aromatic heterocycles. The summed E-state index contributed by atoms with van der Waals surface area (Å²) in [6, 6.07) is 1.87. The van der Waals surface area contributed by atoms with E-state index in [1.165, 1.54) is 11.3 Å². The van der Waals surface area contributed by atoms with Crippen molar-refractivity contribution in [1.29, 1.82) is 0 Å². The van der Waals surface area contributed by atoms with Crippen LogP contribution in [0.5, 0.6) is 0 Å². The molecule has 0 aromatic carbocycles. The van der Waals surface area contributed by atoms with Crippen molar-refractivity contribution in [1.82, 2.24) is 14.5 Å². The van der Waals surface area contributed by atoms with Gasteiger partial charge >= 0.3 is 5.97 Å². The normalized spacial score (nSPS) is 21.0. The molecule has 0 spiro atoms. The minimum atomic E-state index is -0.866. The van der Waals surface area contributed by atoms with Gasteiger partial charge in [0.2, 0.25) is 0 Å². The summed E-state index contributed by atoms with van der Waals surface area (Å²) < 4.78 is 1.97. The van der Waals surface area contributed by atoms with Crippen LogP contribution in [0.2, 0.25) is 0 Å². The first kappa shape index (κ1) is 16.7. The highest BCUT2D eigenvalue weighted by atomic mass is 32.1. The summed E-state index contributed by atoms with van der Waals surface area (Å²) >= 11 is 1.52. The minimum Gasteiger partial charge on any atom is -0.481 e. The molecule has 1 unspecified atom stereocenters. The predicted octanol–water partition coefficient (Wildman–Crippen LogP) is 2.88. The lowest BCUT2D eigenvalue weighted by Gasteiger charge is -2.37. The first-order chi connectivity index (χ1) is 11.3. The van der Waals surface area contributed by atoms with Crippen LogP contribution in [-0.4, -0.2) is 44.5 Å². The van der Waals surface area contributed by atoms with Gasteiger partial charge in [0.15, 0.2) is 5.13 Å². The Labute approximate surface area is 144 Å². The number of hydrogen-bond acceptors (Lipinski definition) is 4. The van der Waals surface area contributed by atoms with Gasteiger partial charge in [-0.3, -0.25) is 14.2 Å². The average molecular weight is 347 g/mol. The maximum absolute atomic E-state index is 13.0. The molecule has 7 heteroatoms. The standard InChI is InChI=1S/C17H21N3O3S/c1-11-9-13(12(2)20(11)16-18-6-8-24-16)14(21)19-7-4-5-17(3,10-19)15(22)23/h6,8-9H,4-5,7,10H2,1-3H3,(H,22,23). The second-order valence-corrected chi connectivity index (χ2v) is 7.50. The number of amides is 1. The lowest BCUT2D eigenvalue weighted by atomic mass is 9.82. The minimum absolute atomic E-state index is 0.0990. The lowest BCUT2D eigenvalue weighted by Crippen LogP contribution is -2.48. The van der Waals surface area contributed by atoms with Gasteiger partial charge in [-0.2, -0.15) is 0 Å². The number of aromatic nitrogens is 2. The zero-order chi connectivity index (χ0) is 17.5. The highest BCUT2D eigenvalue weighted by molar-refractivity contribution is 7.12. The zero-order valence-corrected chi connectivity index (χ0v) is 14.9. The van der Waals surface area contributed by atoms with Crippen molar-refractivity contribution in [3.63, 3.8) is 0 Å². The summed E-state index contributed by atoms with van der Waals surface area (Å²) in [5.41, 5.74) is 1.55. The van der Waals surface area contributed by atoms with Gasteiger partial charge < -0.3 is 10.0 Å². The number of thiazole rings is 1. The second-order valence-electron chi connectivity index (χ2n) is 6.63. The third-order valence-electron chi connectivity index (χ3n) is 4.77. The molecule has 1 saturated heterocycles. The summed E-state index contributed by atoms with van der Waals surface area (Å²) in [5, 5.41) is 12.2. The number of aliphatic carboxylic acids is 1. The molecule has 1 fully saturated rings. The average Bonchev–Trinajstić information content (AvgIpc) is 3.14. The number of nitrogens with zero attached hydrogens (tertiary/aromatic N) is 3. The Hall–Kier alpha value is -2.15. The summed E-state index contributed by atoms with van der Waals surface area (Å²) in [5.74, 6) is -0.939. The first-order valence-corrected chi connectivity index (χ1v) is 8.83. The molecule has 128 valence electrons. The van der Waals surface area contributed by atoms with E-state index in [2.05, 4.69) is 4.98 Å². The molecule has 1 atom stereocenters. The van der Waals surface area contributed by atoms with Gasteiger partial charge in [-0.05, 0) is 39.7 Å². The van der Waals surface area contributed by atoms with E-state index in [0.29, 0.717) is 24.9 Å². The van der Waals surface area contributed by atoms with Crippen molar-refractivity contribution < 1.29 is 14.7 Å². The van der Waals surface area contributed by atoms with Crippen molar-refractivity contribution in [3.05, 3.63) is 34.6 Å². The van der Waals surface area contributed by atoms with Gasteiger partial charge in [-0.15, -0.1) is 11.3 Å². The molecule has 1 aliphatic rings. The number of aryl methyl sites for hydroxylation is 1. The van der Waals surface area contributed by atoms with Crippen LogP contribution in [0.3, 0.4) is 0 Å². The Morgan fingerprint density at radius 1 is 1.38 bits per heavy atom. The van der Waals surface area contributed by atoms with Gasteiger partial charge in [0.05, 0.1) is 11.0 Å². The van der Waals surface area contributed by atoms with Gasteiger partial charge in [0.1, 0.15) is 0 Å². The van der Waals surface area contributed by atoms with Crippen LogP contribution < -0.4 is 0 Å². The molecular weight excluding hydrogens is 326 g/mol. The number of rotatable bonds is 3. The van der Waals surface area contributed by atoms with E-state index in [4.69, 9.17) is 0 Å². The number of carboxylic acids is 1. The van der Waals surface area contributed by atoms with Crippen LogP contribution in [0, 0.1) is 19.3 Å². The maximum atomic E-state index is 13.0. The van der Waals surface area contributed by atoms with Crippen LogP contribution in [0.1, 0.15) is 41.5 Å². The van der Waals surface area contributed by atoms with Crippen LogP contribution in [-0.2, 0) is 4.79 Å². The van der Waals surface area contributed by atoms with E-state index in [1.54, 1.807) is 18.0 Å². The molecule has 0 saturated carbocycles. The number of carboxylic acid groups (broad SMARTS) is 1. The van der Waals surface area contributed by atoms with Crippen LogP contribution in [0.15, 0.2) is 17.6 Å². The first-order valence-electron chi connectivity index (χ1n) is 7.95. The summed E-state index contributed by atoms with van der Waals surface area (Å²) in [4.78, 5) is 30.5. The smallest absolute Gasteiger partial charge is 0.311 e. The van der Waals surface area contributed by atoms with E-state index >= 15 is 0 Å². The number of carbonyl (C=O) groups excluding carboxylic acids is 1. The molecule has 0 aliphatic carbocycles. The molecule has 1 aliphatic heterocycles. The largest absolute Gasteiger partial charge is 0.481 e. The third kappa shape index (κ3) is 2.73. The van der Waals surface area contributed by atoms with Crippen molar-refractivity contribution in [2.24, 2.45) is 5.41 Å². The van der Waals surface area contributed by atoms with Crippen molar-refractivity contribution >= 4 is 23.2 Å². The quantitative estimate of drug-likeness (QED) is 0.926. The summed E-state index contributed by atoms with van der Waals surface area (Å²) in [6.07, 6.45) is 3.05. The fourth-order valence-electron chi connectivity index (χ4n) is 3.36. The molecular formula is C17H21N3O3S. The monoisotopic (exact) mass is 347 g/mol. The Morgan fingerprint density at radius 3 is 2.75 bits per heavy atom. The zero-order valence-electron chi connectivity index (χ0n) is 14.1. The van der Waals surface area contributed by atoms with Crippen LogP contribution >= 0.6 is 11.3 Å². The maximum Gasteiger partial charge on any atom is 0.311 e.